The average Bonchev–Trinajstić information content (AvgIpc) is 2.20. The van der Waals surface area contributed by atoms with Gasteiger partial charge in [0.05, 0.1) is 0 Å². The SMILES string of the molecule is Cc1ccccc1CN(C)C(=O)C(F)F. The molecule has 1 rings (SSSR count). The van der Waals surface area contributed by atoms with Gasteiger partial charge in [0.25, 0.3) is 5.91 Å². The van der Waals surface area contributed by atoms with Crippen LogP contribution in [0.15, 0.2) is 24.3 Å². The third kappa shape index (κ3) is 3.01. The standard InChI is InChI=1S/C11H13F2NO/c1-8-5-3-4-6-9(8)7-14(2)11(15)10(12)13/h3-6,10H,7H2,1-2H3. The first-order valence-electron chi connectivity index (χ1n) is 4.60. The highest BCUT2D eigenvalue weighted by Crippen LogP contribution is 2.10. The van der Waals surface area contributed by atoms with E-state index in [1.807, 2.05) is 31.2 Å². The van der Waals surface area contributed by atoms with Gasteiger partial charge >= 0.3 is 6.43 Å². The molecule has 82 valence electrons. The van der Waals surface area contributed by atoms with E-state index in [1.165, 1.54) is 7.05 Å². The number of hydrogen-bond acceptors (Lipinski definition) is 1. The van der Waals surface area contributed by atoms with E-state index >= 15 is 0 Å². The molecule has 0 unspecified atom stereocenters. The maximum Gasteiger partial charge on any atom is 0.315 e. The van der Waals surface area contributed by atoms with Crippen LogP contribution in [-0.4, -0.2) is 24.3 Å². The highest BCUT2D eigenvalue weighted by Gasteiger charge is 2.20. The molecule has 2 nitrogen and oxygen atoms in total. The number of rotatable bonds is 3. The Morgan fingerprint density at radius 2 is 2.00 bits per heavy atom. The molecule has 1 amide bonds. The van der Waals surface area contributed by atoms with Gasteiger partial charge in [-0.25, -0.2) is 0 Å². The molecule has 0 N–H and O–H groups in total. The number of amides is 1. The van der Waals surface area contributed by atoms with Crippen molar-refractivity contribution in [2.75, 3.05) is 7.05 Å². The van der Waals surface area contributed by atoms with Crippen molar-refractivity contribution in [2.45, 2.75) is 19.9 Å². The topological polar surface area (TPSA) is 20.3 Å². The largest absolute Gasteiger partial charge is 0.336 e. The van der Waals surface area contributed by atoms with Gasteiger partial charge in [0.1, 0.15) is 0 Å². The van der Waals surface area contributed by atoms with Crippen LogP contribution in [-0.2, 0) is 11.3 Å². The fourth-order valence-electron chi connectivity index (χ4n) is 1.29. The molecule has 15 heavy (non-hydrogen) atoms. The van der Waals surface area contributed by atoms with Gasteiger partial charge in [-0.2, -0.15) is 8.78 Å². The number of carbonyl (C=O) groups is 1. The normalized spacial score (nSPS) is 10.5. The Bertz CT molecular complexity index is 352. The zero-order valence-electron chi connectivity index (χ0n) is 8.71. The number of carbonyl (C=O) groups excluding carboxylic acids is 1. The van der Waals surface area contributed by atoms with Crippen LogP contribution in [0.2, 0.25) is 0 Å². The molecule has 0 spiro atoms. The van der Waals surface area contributed by atoms with Gasteiger partial charge < -0.3 is 4.90 Å². The lowest BCUT2D eigenvalue weighted by Crippen LogP contribution is -2.31. The van der Waals surface area contributed by atoms with Crippen molar-refractivity contribution in [2.24, 2.45) is 0 Å². The summed E-state index contributed by atoms with van der Waals surface area (Å²) in [7, 11) is 1.38. The first-order chi connectivity index (χ1) is 7.02. The van der Waals surface area contributed by atoms with Crippen molar-refractivity contribution in [3.05, 3.63) is 35.4 Å². The van der Waals surface area contributed by atoms with Crippen molar-refractivity contribution in [3.8, 4) is 0 Å². The molecule has 1 aromatic rings. The second-order valence-corrected chi connectivity index (χ2v) is 3.42. The second-order valence-electron chi connectivity index (χ2n) is 3.42. The highest BCUT2D eigenvalue weighted by molar-refractivity contribution is 5.79. The molecule has 0 saturated heterocycles. The lowest BCUT2D eigenvalue weighted by Gasteiger charge is -2.17. The summed E-state index contributed by atoms with van der Waals surface area (Å²) in [5, 5.41) is 0. The smallest absolute Gasteiger partial charge is 0.315 e. The quantitative estimate of drug-likeness (QED) is 0.753. The minimum Gasteiger partial charge on any atom is -0.336 e. The van der Waals surface area contributed by atoms with Crippen LogP contribution in [0.1, 0.15) is 11.1 Å². The molecular formula is C11H13F2NO. The number of hydrogen-bond donors (Lipinski definition) is 0. The Morgan fingerprint density at radius 1 is 1.40 bits per heavy atom. The van der Waals surface area contributed by atoms with E-state index < -0.39 is 12.3 Å². The van der Waals surface area contributed by atoms with Gasteiger partial charge in [-0.05, 0) is 18.1 Å². The van der Waals surface area contributed by atoms with Crippen LogP contribution < -0.4 is 0 Å². The van der Waals surface area contributed by atoms with Crippen molar-refractivity contribution in [3.63, 3.8) is 0 Å². The van der Waals surface area contributed by atoms with Crippen LogP contribution in [0.25, 0.3) is 0 Å². The summed E-state index contributed by atoms with van der Waals surface area (Å²) in [5.74, 6) is -1.14. The van der Waals surface area contributed by atoms with E-state index in [4.69, 9.17) is 0 Å². The van der Waals surface area contributed by atoms with E-state index in [1.54, 1.807) is 0 Å². The second kappa shape index (κ2) is 4.87. The van der Waals surface area contributed by atoms with E-state index in [0.717, 1.165) is 16.0 Å². The van der Waals surface area contributed by atoms with Gasteiger partial charge in [-0.1, -0.05) is 24.3 Å². The predicted molar refractivity (Wildman–Crippen MR) is 53.7 cm³/mol. The fourth-order valence-corrected chi connectivity index (χ4v) is 1.29. The van der Waals surface area contributed by atoms with Gasteiger partial charge in [-0.15, -0.1) is 0 Å². The summed E-state index contributed by atoms with van der Waals surface area (Å²) in [5.41, 5.74) is 1.88. The maximum absolute atomic E-state index is 12.1. The number of halogens is 2. The average molecular weight is 213 g/mol. The molecule has 0 fully saturated rings. The Hall–Kier alpha value is -1.45. The van der Waals surface area contributed by atoms with Gasteiger partial charge in [-0.3, -0.25) is 4.79 Å². The molecule has 0 aliphatic heterocycles. The lowest BCUT2D eigenvalue weighted by molar-refractivity contribution is -0.141. The third-order valence-corrected chi connectivity index (χ3v) is 2.23. The fraction of sp³-hybridized carbons (Fsp3) is 0.364. The minimum absolute atomic E-state index is 0.218. The molecule has 0 aromatic heterocycles. The zero-order chi connectivity index (χ0) is 11.4. The summed E-state index contributed by atoms with van der Waals surface area (Å²) >= 11 is 0. The Balaban J connectivity index is 2.71. The number of benzene rings is 1. The number of nitrogens with zero attached hydrogens (tertiary/aromatic N) is 1. The van der Waals surface area contributed by atoms with Gasteiger partial charge in [0.2, 0.25) is 0 Å². The minimum atomic E-state index is -2.93. The van der Waals surface area contributed by atoms with Crippen molar-refractivity contribution >= 4 is 5.91 Å². The molecule has 0 heterocycles. The van der Waals surface area contributed by atoms with Crippen molar-refractivity contribution < 1.29 is 13.6 Å². The molecule has 0 atom stereocenters. The summed E-state index contributed by atoms with van der Waals surface area (Å²) in [6.45, 7) is 2.10. The Labute approximate surface area is 87.5 Å². The zero-order valence-corrected chi connectivity index (χ0v) is 8.71. The Kier molecular flexibility index (Phi) is 3.77. The van der Waals surface area contributed by atoms with Crippen LogP contribution in [0.3, 0.4) is 0 Å². The van der Waals surface area contributed by atoms with Crippen LogP contribution in [0, 0.1) is 6.92 Å². The van der Waals surface area contributed by atoms with Crippen molar-refractivity contribution in [1.29, 1.82) is 0 Å². The molecule has 0 aliphatic carbocycles. The molecule has 1 aromatic carbocycles. The summed E-state index contributed by atoms with van der Waals surface area (Å²) in [4.78, 5) is 12.0. The molecule has 0 saturated carbocycles. The van der Waals surface area contributed by atoms with Gasteiger partial charge in [0, 0.05) is 13.6 Å². The van der Waals surface area contributed by atoms with Crippen LogP contribution in [0.5, 0.6) is 0 Å². The summed E-state index contributed by atoms with van der Waals surface area (Å²) in [6.07, 6.45) is -2.93. The summed E-state index contributed by atoms with van der Waals surface area (Å²) < 4.78 is 24.2. The third-order valence-electron chi connectivity index (χ3n) is 2.23. The van der Waals surface area contributed by atoms with E-state index in [9.17, 15) is 13.6 Å². The first-order valence-corrected chi connectivity index (χ1v) is 4.60. The van der Waals surface area contributed by atoms with E-state index in [-0.39, 0.29) is 6.54 Å². The van der Waals surface area contributed by atoms with E-state index in [0.29, 0.717) is 0 Å². The van der Waals surface area contributed by atoms with E-state index in [2.05, 4.69) is 0 Å². The first kappa shape index (κ1) is 11.6. The molecule has 4 heteroatoms. The summed E-state index contributed by atoms with van der Waals surface area (Å²) in [6, 6.07) is 7.40. The molecule has 0 radical (unpaired) electrons. The maximum atomic E-state index is 12.1. The number of alkyl halides is 2. The highest BCUT2D eigenvalue weighted by atomic mass is 19.3. The predicted octanol–water partition coefficient (Wildman–Crippen LogP) is 2.22. The van der Waals surface area contributed by atoms with Crippen LogP contribution in [0.4, 0.5) is 8.78 Å². The number of aryl methyl sites for hydroxylation is 1. The molecular weight excluding hydrogens is 200 g/mol. The molecule has 0 aliphatic rings. The molecule has 0 bridgehead atoms. The van der Waals surface area contributed by atoms with Crippen molar-refractivity contribution in [1.82, 2.24) is 4.90 Å². The van der Waals surface area contributed by atoms with Crippen LogP contribution >= 0.6 is 0 Å². The Morgan fingerprint density at radius 3 is 2.53 bits per heavy atom. The monoisotopic (exact) mass is 213 g/mol. The lowest BCUT2D eigenvalue weighted by atomic mass is 10.1. The van der Waals surface area contributed by atoms with Gasteiger partial charge in [0.15, 0.2) is 0 Å².